The van der Waals surface area contributed by atoms with Crippen molar-refractivity contribution in [2.75, 3.05) is 26.1 Å². The summed E-state index contributed by atoms with van der Waals surface area (Å²) in [6.45, 7) is 3.45. The van der Waals surface area contributed by atoms with Crippen LogP contribution in [0.15, 0.2) is 24.3 Å². The van der Waals surface area contributed by atoms with E-state index in [1.807, 2.05) is 0 Å². The molecule has 2 aromatic rings. The number of thiophene rings is 1. The van der Waals surface area contributed by atoms with Gasteiger partial charge >= 0.3 is 11.9 Å². The summed E-state index contributed by atoms with van der Waals surface area (Å²) in [5.41, 5.74) is 0.839. The third-order valence-corrected chi connectivity index (χ3v) is 4.76. The number of methoxy groups -OCH3 is 2. The Bertz CT molecular complexity index is 842. The standard InChI is InChI=1S/C18H19NO6S/c1-5-25-17(21)13-10(2)14(18(22)24-4)26-16(13)19-15(20)11-8-6-7-9-12(11)23-3/h6-9H,5H2,1-4H3,(H,19,20). The molecule has 0 saturated heterocycles. The van der Waals surface area contributed by atoms with E-state index in [0.717, 1.165) is 11.3 Å². The van der Waals surface area contributed by atoms with Gasteiger partial charge in [0.05, 0.1) is 32.0 Å². The van der Waals surface area contributed by atoms with Crippen LogP contribution < -0.4 is 10.1 Å². The lowest BCUT2D eigenvalue weighted by Gasteiger charge is -2.09. The molecule has 1 aromatic heterocycles. The number of carbonyl (C=O) groups is 3. The number of rotatable bonds is 6. The minimum absolute atomic E-state index is 0.139. The number of anilines is 1. The lowest BCUT2D eigenvalue weighted by atomic mass is 10.1. The Morgan fingerprint density at radius 2 is 1.81 bits per heavy atom. The average molecular weight is 377 g/mol. The minimum Gasteiger partial charge on any atom is -0.496 e. The van der Waals surface area contributed by atoms with E-state index in [2.05, 4.69) is 5.32 Å². The molecule has 0 fully saturated rings. The summed E-state index contributed by atoms with van der Waals surface area (Å²) in [7, 11) is 2.71. The van der Waals surface area contributed by atoms with Gasteiger partial charge in [-0.1, -0.05) is 12.1 Å². The summed E-state index contributed by atoms with van der Waals surface area (Å²) in [5, 5.41) is 2.89. The maximum Gasteiger partial charge on any atom is 0.348 e. The van der Waals surface area contributed by atoms with E-state index in [-0.39, 0.29) is 22.0 Å². The Hall–Kier alpha value is -2.87. The molecule has 0 saturated carbocycles. The van der Waals surface area contributed by atoms with Crippen molar-refractivity contribution in [2.24, 2.45) is 0 Å². The number of ether oxygens (including phenoxy) is 3. The molecule has 0 radical (unpaired) electrons. The molecule has 7 nitrogen and oxygen atoms in total. The van der Waals surface area contributed by atoms with Crippen LogP contribution in [0.1, 0.15) is 42.9 Å². The lowest BCUT2D eigenvalue weighted by molar-refractivity contribution is 0.0527. The Labute approximate surface area is 154 Å². The van der Waals surface area contributed by atoms with Crippen molar-refractivity contribution >= 4 is 34.2 Å². The molecule has 1 heterocycles. The van der Waals surface area contributed by atoms with E-state index in [1.54, 1.807) is 38.1 Å². The number of nitrogens with one attached hydrogen (secondary N) is 1. The summed E-state index contributed by atoms with van der Waals surface area (Å²) < 4.78 is 15.0. The zero-order valence-electron chi connectivity index (χ0n) is 14.9. The van der Waals surface area contributed by atoms with Gasteiger partial charge in [-0.15, -0.1) is 11.3 Å². The van der Waals surface area contributed by atoms with Gasteiger partial charge in [0.25, 0.3) is 5.91 Å². The van der Waals surface area contributed by atoms with Crippen LogP contribution in [-0.4, -0.2) is 38.7 Å². The number of para-hydroxylation sites is 1. The van der Waals surface area contributed by atoms with Gasteiger partial charge in [-0.3, -0.25) is 4.79 Å². The molecule has 1 N–H and O–H groups in total. The summed E-state index contributed by atoms with van der Waals surface area (Å²) in [6, 6.07) is 6.69. The van der Waals surface area contributed by atoms with Crippen molar-refractivity contribution in [2.45, 2.75) is 13.8 Å². The molecule has 0 atom stereocenters. The molecule has 0 unspecified atom stereocenters. The number of hydrogen-bond donors (Lipinski definition) is 1. The molecule has 2 rings (SSSR count). The number of hydrogen-bond acceptors (Lipinski definition) is 7. The van der Waals surface area contributed by atoms with E-state index >= 15 is 0 Å². The van der Waals surface area contributed by atoms with Crippen molar-refractivity contribution in [1.82, 2.24) is 0 Å². The van der Waals surface area contributed by atoms with Crippen LogP contribution in [0.3, 0.4) is 0 Å². The second-order valence-electron chi connectivity index (χ2n) is 5.13. The lowest BCUT2D eigenvalue weighted by Crippen LogP contribution is -2.15. The maximum atomic E-state index is 12.6. The first kappa shape index (κ1) is 19.5. The largest absolute Gasteiger partial charge is 0.496 e. The highest BCUT2D eigenvalue weighted by molar-refractivity contribution is 7.18. The fourth-order valence-electron chi connectivity index (χ4n) is 2.34. The Morgan fingerprint density at radius 1 is 1.12 bits per heavy atom. The molecule has 0 aliphatic rings. The molecular weight excluding hydrogens is 358 g/mol. The highest BCUT2D eigenvalue weighted by Gasteiger charge is 2.27. The van der Waals surface area contributed by atoms with Gasteiger partial charge < -0.3 is 19.5 Å². The Morgan fingerprint density at radius 3 is 2.42 bits per heavy atom. The predicted octanol–water partition coefficient (Wildman–Crippen LogP) is 3.28. The fourth-order valence-corrected chi connectivity index (χ4v) is 3.45. The smallest absolute Gasteiger partial charge is 0.348 e. The van der Waals surface area contributed by atoms with Gasteiger partial charge in [0, 0.05) is 0 Å². The minimum atomic E-state index is -0.619. The molecule has 0 bridgehead atoms. The molecule has 0 aliphatic carbocycles. The van der Waals surface area contributed by atoms with E-state index in [0.29, 0.717) is 16.9 Å². The van der Waals surface area contributed by atoms with Crippen LogP contribution in [0.5, 0.6) is 5.75 Å². The average Bonchev–Trinajstić information content (AvgIpc) is 2.97. The van der Waals surface area contributed by atoms with E-state index in [4.69, 9.17) is 14.2 Å². The van der Waals surface area contributed by atoms with Gasteiger partial charge in [0.15, 0.2) is 0 Å². The first-order chi connectivity index (χ1) is 12.4. The van der Waals surface area contributed by atoms with Crippen molar-refractivity contribution in [3.8, 4) is 5.75 Å². The molecule has 8 heteroatoms. The molecule has 26 heavy (non-hydrogen) atoms. The van der Waals surface area contributed by atoms with Crippen molar-refractivity contribution in [3.05, 3.63) is 45.8 Å². The monoisotopic (exact) mass is 377 g/mol. The summed E-state index contributed by atoms with van der Waals surface area (Å²) >= 11 is 0.961. The number of esters is 2. The van der Waals surface area contributed by atoms with Crippen LogP contribution in [0.2, 0.25) is 0 Å². The van der Waals surface area contributed by atoms with Crippen LogP contribution >= 0.6 is 11.3 Å². The first-order valence-corrected chi connectivity index (χ1v) is 8.59. The normalized spacial score (nSPS) is 10.2. The SMILES string of the molecule is CCOC(=O)c1c(NC(=O)c2ccccc2OC)sc(C(=O)OC)c1C. The van der Waals surface area contributed by atoms with Gasteiger partial charge in [-0.25, -0.2) is 9.59 Å². The van der Waals surface area contributed by atoms with Crippen molar-refractivity contribution < 1.29 is 28.6 Å². The zero-order chi connectivity index (χ0) is 19.3. The summed E-state index contributed by atoms with van der Waals surface area (Å²) in [4.78, 5) is 37.1. The van der Waals surface area contributed by atoms with Crippen molar-refractivity contribution in [3.63, 3.8) is 0 Å². The van der Waals surface area contributed by atoms with Crippen LogP contribution in [0.25, 0.3) is 0 Å². The summed E-state index contributed by atoms with van der Waals surface area (Å²) in [6.07, 6.45) is 0. The second-order valence-corrected chi connectivity index (χ2v) is 6.15. The summed E-state index contributed by atoms with van der Waals surface area (Å²) in [5.74, 6) is -1.28. The number of benzene rings is 1. The highest BCUT2D eigenvalue weighted by Crippen LogP contribution is 2.35. The fraction of sp³-hybridized carbons (Fsp3) is 0.278. The first-order valence-electron chi connectivity index (χ1n) is 7.77. The topological polar surface area (TPSA) is 90.9 Å². The van der Waals surface area contributed by atoms with Gasteiger partial charge in [0.1, 0.15) is 15.6 Å². The van der Waals surface area contributed by atoms with Crippen molar-refractivity contribution in [1.29, 1.82) is 0 Å². The molecule has 1 aromatic carbocycles. The van der Waals surface area contributed by atoms with Gasteiger partial charge in [-0.05, 0) is 31.5 Å². The molecule has 1 amide bonds. The van der Waals surface area contributed by atoms with Gasteiger partial charge in [0.2, 0.25) is 0 Å². The highest BCUT2D eigenvalue weighted by atomic mass is 32.1. The molecule has 138 valence electrons. The Kier molecular flexibility index (Phi) is 6.35. The predicted molar refractivity (Wildman–Crippen MR) is 97.3 cm³/mol. The van der Waals surface area contributed by atoms with E-state index < -0.39 is 17.8 Å². The van der Waals surface area contributed by atoms with Gasteiger partial charge in [-0.2, -0.15) is 0 Å². The van der Waals surface area contributed by atoms with Crippen LogP contribution in [0.4, 0.5) is 5.00 Å². The molecular formula is C18H19NO6S. The number of carbonyl (C=O) groups excluding carboxylic acids is 3. The quantitative estimate of drug-likeness (QED) is 0.777. The zero-order valence-corrected chi connectivity index (χ0v) is 15.7. The third kappa shape index (κ3) is 3.85. The molecule has 0 spiro atoms. The van der Waals surface area contributed by atoms with E-state index in [1.165, 1.54) is 14.2 Å². The van der Waals surface area contributed by atoms with Crippen LogP contribution in [-0.2, 0) is 9.47 Å². The molecule has 0 aliphatic heterocycles. The number of amides is 1. The Balaban J connectivity index is 2.45. The van der Waals surface area contributed by atoms with E-state index in [9.17, 15) is 14.4 Å². The third-order valence-electron chi connectivity index (χ3n) is 3.58. The van der Waals surface area contributed by atoms with Crippen LogP contribution in [0, 0.1) is 6.92 Å². The maximum absolute atomic E-state index is 12.6. The second kappa shape index (κ2) is 8.48.